The highest BCUT2D eigenvalue weighted by Gasteiger charge is 2.32. The average molecular weight is 302 g/mol. The molecule has 0 fully saturated rings. The van der Waals surface area contributed by atoms with Crippen LogP contribution in [-0.2, 0) is 5.33 Å². The molecule has 88 valence electrons. The first kappa shape index (κ1) is 12.9. The van der Waals surface area contributed by atoms with Gasteiger partial charge in [-0.05, 0) is 6.07 Å². The van der Waals surface area contributed by atoms with E-state index >= 15 is 0 Å². The largest absolute Gasteiger partial charge is 0.573 e. The molecule has 1 rings (SSSR count). The zero-order chi connectivity index (χ0) is 12.3. The lowest BCUT2D eigenvalue weighted by Crippen LogP contribution is -2.19. The number of alkyl halides is 4. The Kier molecular flexibility index (Phi) is 3.84. The molecule has 0 saturated heterocycles. The highest BCUT2D eigenvalue weighted by atomic mass is 79.9. The summed E-state index contributed by atoms with van der Waals surface area (Å²) >= 11 is 2.83. The minimum Gasteiger partial charge on any atom is -0.404 e. The van der Waals surface area contributed by atoms with Crippen molar-refractivity contribution in [2.45, 2.75) is 11.7 Å². The van der Waals surface area contributed by atoms with E-state index in [1.54, 1.807) is 0 Å². The number of rotatable bonds is 3. The van der Waals surface area contributed by atoms with Crippen LogP contribution in [0.3, 0.4) is 0 Å². The average Bonchev–Trinajstić information content (AvgIpc) is 2.18. The van der Waals surface area contributed by atoms with Gasteiger partial charge in [0.15, 0.2) is 12.0 Å². The van der Waals surface area contributed by atoms with Gasteiger partial charge in [0.25, 0.3) is 0 Å². The summed E-state index contributed by atoms with van der Waals surface area (Å²) in [6.07, 6.45) is -4.86. The maximum absolute atomic E-state index is 13.0. The first-order valence-electron chi connectivity index (χ1n) is 3.83. The quantitative estimate of drug-likeness (QED) is 0.373. The second-order valence-electron chi connectivity index (χ2n) is 2.61. The van der Waals surface area contributed by atoms with E-state index in [1.165, 1.54) is 0 Å². The fraction of sp³-hybridized carbons (Fsp3) is 0.250. The van der Waals surface area contributed by atoms with Crippen LogP contribution in [0, 0.1) is 5.95 Å². The monoisotopic (exact) mass is 301 g/mol. The summed E-state index contributed by atoms with van der Waals surface area (Å²) in [5.74, 6) is -1.84. The van der Waals surface area contributed by atoms with E-state index in [0.29, 0.717) is 6.07 Å². The van der Waals surface area contributed by atoms with E-state index in [9.17, 15) is 22.4 Å². The van der Waals surface area contributed by atoms with Crippen LogP contribution in [-0.4, -0.2) is 17.6 Å². The SMILES string of the molecule is O=Cc1cc(OC(F)(F)F)c(CBr)nc1F. The van der Waals surface area contributed by atoms with Gasteiger partial charge < -0.3 is 4.74 Å². The Labute approximate surface area is 95.6 Å². The molecular formula is C8H4BrF4NO2. The van der Waals surface area contributed by atoms with Crippen molar-refractivity contribution in [2.24, 2.45) is 0 Å². The van der Waals surface area contributed by atoms with Gasteiger partial charge >= 0.3 is 6.36 Å². The molecule has 16 heavy (non-hydrogen) atoms. The van der Waals surface area contributed by atoms with Crippen LogP contribution in [0.15, 0.2) is 6.07 Å². The first-order chi connectivity index (χ1) is 7.37. The second-order valence-corrected chi connectivity index (χ2v) is 3.17. The number of aromatic nitrogens is 1. The van der Waals surface area contributed by atoms with Crippen molar-refractivity contribution in [1.82, 2.24) is 4.98 Å². The molecule has 0 bridgehead atoms. The molecule has 0 radical (unpaired) electrons. The van der Waals surface area contributed by atoms with Gasteiger partial charge in [-0.2, -0.15) is 4.39 Å². The van der Waals surface area contributed by atoms with Crippen molar-refractivity contribution in [1.29, 1.82) is 0 Å². The van der Waals surface area contributed by atoms with Gasteiger partial charge in [-0.3, -0.25) is 4.79 Å². The molecule has 0 aliphatic heterocycles. The molecule has 1 heterocycles. The number of ether oxygens (including phenoxy) is 1. The predicted molar refractivity (Wildman–Crippen MR) is 48.9 cm³/mol. The molecule has 0 aliphatic rings. The van der Waals surface area contributed by atoms with Gasteiger partial charge in [0, 0.05) is 5.33 Å². The van der Waals surface area contributed by atoms with Crippen molar-refractivity contribution in [2.75, 3.05) is 0 Å². The Hall–Kier alpha value is -1.18. The molecule has 0 amide bonds. The Balaban J connectivity index is 3.20. The summed E-state index contributed by atoms with van der Waals surface area (Å²) in [6.45, 7) is 0. The zero-order valence-electron chi connectivity index (χ0n) is 7.52. The van der Waals surface area contributed by atoms with E-state index in [0.717, 1.165) is 0 Å². The number of hydrogen-bond donors (Lipinski definition) is 0. The molecular weight excluding hydrogens is 298 g/mol. The second kappa shape index (κ2) is 4.77. The van der Waals surface area contributed by atoms with E-state index in [-0.39, 0.29) is 17.3 Å². The molecule has 1 aromatic rings. The van der Waals surface area contributed by atoms with Crippen LogP contribution >= 0.6 is 15.9 Å². The van der Waals surface area contributed by atoms with Crippen LogP contribution in [0.1, 0.15) is 16.1 Å². The maximum Gasteiger partial charge on any atom is 0.573 e. The van der Waals surface area contributed by atoms with E-state index < -0.39 is 23.6 Å². The third-order valence-corrected chi connectivity index (χ3v) is 2.05. The lowest BCUT2D eigenvalue weighted by Gasteiger charge is -2.11. The number of hydrogen-bond acceptors (Lipinski definition) is 3. The molecule has 0 aromatic carbocycles. The van der Waals surface area contributed by atoms with Gasteiger partial charge in [-0.25, -0.2) is 4.98 Å². The summed E-state index contributed by atoms with van der Waals surface area (Å²) in [7, 11) is 0. The molecule has 0 saturated carbocycles. The van der Waals surface area contributed by atoms with Gasteiger partial charge in [-0.15, -0.1) is 13.2 Å². The van der Waals surface area contributed by atoms with Crippen LogP contribution in [0.5, 0.6) is 5.75 Å². The zero-order valence-corrected chi connectivity index (χ0v) is 9.10. The molecule has 1 aromatic heterocycles. The van der Waals surface area contributed by atoms with Gasteiger partial charge in [0.1, 0.15) is 0 Å². The minimum atomic E-state index is -4.92. The lowest BCUT2D eigenvalue weighted by molar-refractivity contribution is -0.275. The first-order valence-corrected chi connectivity index (χ1v) is 4.96. The highest BCUT2D eigenvalue weighted by molar-refractivity contribution is 9.08. The van der Waals surface area contributed by atoms with Gasteiger partial charge in [-0.1, -0.05) is 15.9 Å². The topological polar surface area (TPSA) is 39.2 Å². The van der Waals surface area contributed by atoms with Crippen molar-refractivity contribution < 1.29 is 27.1 Å². The van der Waals surface area contributed by atoms with Crippen molar-refractivity contribution in [3.05, 3.63) is 23.3 Å². The Morgan fingerprint density at radius 3 is 2.56 bits per heavy atom. The van der Waals surface area contributed by atoms with Crippen LogP contribution in [0.25, 0.3) is 0 Å². The number of pyridine rings is 1. The number of carbonyl (C=O) groups is 1. The summed E-state index contributed by atoms with van der Waals surface area (Å²) in [5.41, 5.74) is -0.871. The van der Waals surface area contributed by atoms with E-state index in [4.69, 9.17) is 0 Å². The lowest BCUT2D eigenvalue weighted by atomic mass is 10.2. The molecule has 0 atom stereocenters. The molecule has 0 spiro atoms. The highest BCUT2D eigenvalue weighted by Crippen LogP contribution is 2.28. The van der Waals surface area contributed by atoms with Crippen LogP contribution < -0.4 is 4.74 Å². The summed E-state index contributed by atoms with van der Waals surface area (Å²) < 4.78 is 52.4. The molecule has 0 aliphatic carbocycles. The summed E-state index contributed by atoms with van der Waals surface area (Å²) in [6, 6.07) is 0.652. The number of halogens is 5. The molecule has 0 N–H and O–H groups in total. The molecule has 0 unspecified atom stereocenters. The van der Waals surface area contributed by atoms with Crippen molar-refractivity contribution >= 4 is 22.2 Å². The van der Waals surface area contributed by atoms with E-state index in [2.05, 4.69) is 25.7 Å². The van der Waals surface area contributed by atoms with Gasteiger partial charge in [0.2, 0.25) is 5.95 Å². The Morgan fingerprint density at radius 2 is 2.12 bits per heavy atom. The Bertz CT molecular complexity index is 408. The predicted octanol–water partition coefficient (Wildman–Crippen LogP) is 2.83. The van der Waals surface area contributed by atoms with Gasteiger partial charge in [0.05, 0.1) is 11.3 Å². The van der Waals surface area contributed by atoms with Crippen LogP contribution in [0.2, 0.25) is 0 Å². The maximum atomic E-state index is 13.0. The normalized spacial score (nSPS) is 11.3. The Morgan fingerprint density at radius 1 is 1.50 bits per heavy atom. The third-order valence-electron chi connectivity index (χ3n) is 1.52. The fourth-order valence-corrected chi connectivity index (χ4v) is 1.32. The van der Waals surface area contributed by atoms with Crippen molar-refractivity contribution in [3.63, 3.8) is 0 Å². The molecule has 8 heteroatoms. The number of aldehydes is 1. The smallest absolute Gasteiger partial charge is 0.404 e. The fourth-order valence-electron chi connectivity index (χ4n) is 0.914. The number of nitrogens with zero attached hydrogens (tertiary/aromatic N) is 1. The minimum absolute atomic E-state index is 0.0591. The van der Waals surface area contributed by atoms with E-state index in [1.807, 2.05) is 0 Å². The molecule has 3 nitrogen and oxygen atoms in total. The summed E-state index contributed by atoms with van der Waals surface area (Å²) in [4.78, 5) is 13.5. The van der Waals surface area contributed by atoms with Crippen LogP contribution in [0.4, 0.5) is 17.6 Å². The third kappa shape index (κ3) is 3.16. The summed E-state index contributed by atoms with van der Waals surface area (Å²) in [5, 5.41) is -0.130. The van der Waals surface area contributed by atoms with Crippen molar-refractivity contribution in [3.8, 4) is 5.75 Å². The standard InChI is InChI=1S/C8H4BrF4NO2/c9-2-5-6(16-8(11,12)13)1-4(3-15)7(10)14-5/h1,3H,2H2. The number of carbonyl (C=O) groups excluding carboxylic acids is 1.